The van der Waals surface area contributed by atoms with Crippen molar-refractivity contribution in [2.24, 2.45) is 0 Å². The molecule has 0 bridgehead atoms. The first kappa shape index (κ1) is 22.6. The van der Waals surface area contributed by atoms with E-state index in [1.54, 1.807) is 30.1 Å². The van der Waals surface area contributed by atoms with Crippen LogP contribution < -0.4 is 4.90 Å². The first-order valence-electron chi connectivity index (χ1n) is 11.3. The number of aryl methyl sites for hydroxylation is 1. The molecule has 0 N–H and O–H groups in total. The Morgan fingerprint density at radius 2 is 1.68 bits per heavy atom. The number of ether oxygens (including phenoxy) is 1. The van der Waals surface area contributed by atoms with Crippen molar-refractivity contribution >= 4 is 33.3 Å². The third kappa shape index (κ3) is 3.68. The van der Waals surface area contributed by atoms with Gasteiger partial charge in [-0.1, -0.05) is 18.2 Å². The minimum Gasteiger partial charge on any atom is -0.379 e. The third-order valence-electron chi connectivity index (χ3n) is 6.55. The normalized spacial score (nSPS) is 18.0. The van der Waals surface area contributed by atoms with E-state index in [1.165, 1.54) is 4.31 Å². The number of amides is 1. The Morgan fingerprint density at radius 3 is 2.38 bits per heavy atom. The van der Waals surface area contributed by atoms with Crippen molar-refractivity contribution in [3.8, 4) is 5.69 Å². The van der Waals surface area contributed by atoms with E-state index in [0.717, 1.165) is 22.6 Å². The zero-order chi connectivity index (χ0) is 24.0. The molecule has 0 radical (unpaired) electrons. The van der Waals surface area contributed by atoms with Crippen LogP contribution in [0.2, 0.25) is 0 Å². The number of carbonyl (C=O) groups is 1. The topological polar surface area (TPSA) is 71.8 Å². The van der Waals surface area contributed by atoms with Gasteiger partial charge in [-0.3, -0.25) is 4.79 Å². The molecular formula is C26H27N3O4S. The van der Waals surface area contributed by atoms with Crippen LogP contribution in [0.3, 0.4) is 0 Å². The molecule has 34 heavy (non-hydrogen) atoms. The summed E-state index contributed by atoms with van der Waals surface area (Å²) in [6.45, 7) is 5.47. The van der Waals surface area contributed by atoms with Gasteiger partial charge in [-0.05, 0) is 61.9 Å². The number of nitrogens with zero attached hydrogens (tertiary/aromatic N) is 3. The van der Waals surface area contributed by atoms with E-state index in [0.29, 0.717) is 43.1 Å². The Morgan fingerprint density at radius 1 is 0.971 bits per heavy atom. The molecule has 3 aromatic rings. The number of morpholine rings is 1. The predicted molar refractivity (Wildman–Crippen MR) is 133 cm³/mol. The largest absolute Gasteiger partial charge is 0.379 e. The van der Waals surface area contributed by atoms with Gasteiger partial charge < -0.3 is 14.2 Å². The van der Waals surface area contributed by atoms with Gasteiger partial charge in [-0.2, -0.15) is 4.31 Å². The van der Waals surface area contributed by atoms with Crippen LogP contribution in [0, 0.1) is 13.8 Å². The molecule has 5 rings (SSSR count). The minimum atomic E-state index is -3.67. The van der Waals surface area contributed by atoms with Crippen LogP contribution >= 0.6 is 0 Å². The fourth-order valence-electron chi connectivity index (χ4n) is 4.73. The van der Waals surface area contributed by atoms with Crippen molar-refractivity contribution in [3.05, 3.63) is 77.1 Å². The van der Waals surface area contributed by atoms with Gasteiger partial charge >= 0.3 is 0 Å². The number of aromatic nitrogens is 1. The highest BCUT2D eigenvalue weighted by atomic mass is 32.2. The number of rotatable bonds is 4. The van der Waals surface area contributed by atoms with Gasteiger partial charge in [0, 0.05) is 48.3 Å². The SMILES string of the molecule is Cc1cc(/C=C2\C(=O)N(C)c3ccc(S(=O)(=O)N4CCOCC4)cc32)c(C)n1-c1ccccc1. The van der Waals surface area contributed by atoms with Crippen LogP contribution in [-0.4, -0.2) is 56.5 Å². The highest BCUT2D eigenvalue weighted by Crippen LogP contribution is 2.39. The van der Waals surface area contributed by atoms with E-state index in [1.807, 2.05) is 50.3 Å². The van der Waals surface area contributed by atoms with Crippen molar-refractivity contribution in [2.45, 2.75) is 18.7 Å². The Bertz CT molecular complexity index is 1400. The lowest BCUT2D eigenvalue weighted by molar-refractivity contribution is -0.112. The molecule has 2 aliphatic rings. The second-order valence-corrected chi connectivity index (χ2v) is 10.6. The van der Waals surface area contributed by atoms with Gasteiger partial charge in [0.05, 0.1) is 23.8 Å². The summed E-state index contributed by atoms with van der Waals surface area (Å²) < 4.78 is 35.3. The number of benzene rings is 2. The molecule has 2 aromatic carbocycles. The zero-order valence-electron chi connectivity index (χ0n) is 19.5. The predicted octanol–water partition coefficient (Wildman–Crippen LogP) is 3.63. The second kappa shape index (κ2) is 8.54. The Balaban J connectivity index is 1.59. The summed E-state index contributed by atoms with van der Waals surface area (Å²) in [5.41, 5.74) is 5.87. The second-order valence-electron chi connectivity index (χ2n) is 8.62. The number of sulfonamides is 1. The van der Waals surface area contributed by atoms with Crippen LogP contribution in [0.25, 0.3) is 17.3 Å². The van der Waals surface area contributed by atoms with Gasteiger partial charge in [0.2, 0.25) is 10.0 Å². The van der Waals surface area contributed by atoms with E-state index >= 15 is 0 Å². The third-order valence-corrected chi connectivity index (χ3v) is 8.44. The number of hydrogen-bond acceptors (Lipinski definition) is 4. The fraction of sp³-hybridized carbons (Fsp3) is 0.269. The van der Waals surface area contributed by atoms with Gasteiger partial charge in [0.15, 0.2) is 0 Å². The molecule has 1 saturated heterocycles. The van der Waals surface area contributed by atoms with Crippen molar-refractivity contribution in [1.82, 2.24) is 8.87 Å². The summed E-state index contributed by atoms with van der Waals surface area (Å²) in [5, 5.41) is 0. The average molecular weight is 478 g/mol. The summed E-state index contributed by atoms with van der Waals surface area (Å²) >= 11 is 0. The lowest BCUT2D eigenvalue weighted by atomic mass is 10.0. The zero-order valence-corrected chi connectivity index (χ0v) is 20.3. The maximum atomic E-state index is 13.2. The summed E-state index contributed by atoms with van der Waals surface area (Å²) in [5.74, 6) is -0.152. The molecule has 1 fully saturated rings. The first-order chi connectivity index (χ1) is 16.3. The molecule has 176 valence electrons. The minimum absolute atomic E-state index is 0.152. The highest BCUT2D eigenvalue weighted by Gasteiger charge is 2.33. The monoisotopic (exact) mass is 477 g/mol. The molecule has 0 atom stereocenters. The van der Waals surface area contributed by atoms with Crippen LogP contribution in [-0.2, 0) is 19.6 Å². The molecule has 8 heteroatoms. The highest BCUT2D eigenvalue weighted by molar-refractivity contribution is 7.89. The van der Waals surface area contributed by atoms with Crippen LogP contribution in [0.1, 0.15) is 22.5 Å². The number of fused-ring (bicyclic) bond motifs is 1. The molecule has 0 spiro atoms. The summed E-state index contributed by atoms with van der Waals surface area (Å²) in [7, 11) is -1.96. The van der Waals surface area contributed by atoms with Gasteiger partial charge in [0.1, 0.15) is 0 Å². The molecule has 0 aliphatic carbocycles. The van der Waals surface area contributed by atoms with Crippen molar-refractivity contribution < 1.29 is 17.9 Å². The van der Waals surface area contributed by atoms with E-state index in [9.17, 15) is 13.2 Å². The first-order valence-corrected chi connectivity index (χ1v) is 12.7. The lowest BCUT2D eigenvalue weighted by Crippen LogP contribution is -2.40. The smallest absolute Gasteiger partial charge is 0.258 e. The van der Waals surface area contributed by atoms with Gasteiger partial charge in [0.25, 0.3) is 5.91 Å². The molecule has 7 nitrogen and oxygen atoms in total. The Hall–Kier alpha value is -3.20. The molecule has 3 heterocycles. The number of para-hydroxylation sites is 1. The molecule has 1 amide bonds. The molecule has 2 aliphatic heterocycles. The summed E-state index contributed by atoms with van der Waals surface area (Å²) in [6.07, 6.45) is 1.87. The van der Waals surface area contributed by atoms with Crippen LogP contribution in [0.4, 0.5) is 5.69 Å². The Kier molecular flexibility index (Phi) is 5.67. The maximum Gasteiger partial charge on any atom is 0.258 e. The maximum absolute atomic E-state index is 13.2. The van der Waals surface area contributed by atoms with Gasteiger partial charge in [-0.15, -0.1) is 0 Å². The summed E-state index contributed by atoms with van der Waals surface area (Å²) in [6, 6.07) is 17.0. The summed E-state index contributed by atoms with van der Waals surface area (Å²) in [4.78, 5) is 14.9. The number of carbonyl (C=O) groups excluding carboxylic acids is 1. The molecule has 1 aromatic heterocycles. The van der Waals surface area contributed by atoms with E-state index in [2.05, 4.69) is 10.6 Å². The molecule has 0 saturated carbocycles. The fourth-order valence-corrected chi connectivity index (χ4v) is 6.16. The van der Waals surface area contributed by atoms with Gasteiger partial charge in [-0.25, -0.2) is 8.42 Å². The van der Waals surface area contributed by atoms with Crippen molar-refractivity contribution in [3.63, 3.8) is 0 Å². The number of anilines is 1. The molecular weight excluding hydrogens is 450 g/mol. The van der Waals surface area contributed by atoms with Crippen molar-refractivity contribution in [1.29, 1.82) is 0 Å². The average Bonchev–Trinajstić information content (AvgIpc) is 3.27. The number of hydrogen-bond donors (Lipinski definition) is 0. The van der Waals surface area contributed by atoms with E-state index in [-0.39, 0.29) is 10.8 Å². The number of likely N-dealkylation sites (N-methyl/N-ethyl adjacent to an activating group) is 1. The standard InChI is InChI=1S/C26H27N3O4S/c1-18-15-20(19(2)29(18)21-7-5-4-6-8-21)16-24-23-17-22(9-10-25(23)27(3)26(24)30)34(31,32)28-11-13-33-14-12-28/h4-10,15-17H,11-14H2,1-3H3/b24-16-. The van der Waals surface area contributed by atoms with E-state index in [4.69, 9.17) is 4.74 Å². The lowest BCUT2D eigenvalue weighted by Gasteiger charge is -2.26. The van der Waals surface area contributed by atoms with E-state index < -0.39 is 10.0 Å². The Labute approximate surface area is 199 Å². The molecule has 0 unspecified atom stereocenters. The van der Waals surface area contributed by atoms with Crippen LogP contribution in [0.5, 0.6) is 0 Å². The quantitative estimate of drug-likeness (QED) is 0.538. The van der Waals surface area contributed by atoms with Crippen molar-refractivity contribution in [2.75, 3.05) is 38.3 Å². The van der Waals surface area contributed by atoms with Crippen LogP contribution in [0.15, 0.2) is 59.5 Å².